The topological polar surface area (TPSA) is 38.5 Å². The number of piperidine rings is 1. The van der Waals surface area contributed by atoms with Crippen molar-refractivity contribution in [3.63, 3.8) is 0 Å². The van der Waals surface area contributed by atoms with Crippen molar-refractivity contribution in [1.29, 1.82) is 0 Å². The molecule has 0 saturated carbocycles. The van der Waals surface area contributed by atoms with E-state index in [1.54, 1.807) is 7.11 Å². The van der Waals surface area contributed by atoms with Crippen molar-refractivity contribution in [3.8, 4) is 28.3 Å². The second kappa shape index (κ2) is 9.11. The Morgan fingerprint density at radius 3 is 2.35 bits per heavy atom. The van der Waals surface area contributed by atoms with Crippen LogP contribution in [0.15, 0.2) is 83.3 Å². The molecule has 4 aromatic rings. The first-order chi connectivity index (χ1) is 16.8. The molecule has 3 aromatic carbocycles. The van der Waals surface area contributed by atoms with Crippen LogP contribution in [0.3, 0.4) is 0 Å². The molecule has 0 amide bonds. The van der Waals surface area contributed by atoms with Crippen molar-refractivity contribution in [1.82, 2.24) is 9.88 Å². The maximum Gasteiger partial charge on any atom is 0.212 e. The second-order valence-corrected chi connectivity index (χ2v) is 9.29. The molecule has 0 N–H and O–H groups in total. The molecular weight excluding hydrogens is 420 g/mol. The number of benzene rings is 3. The SMILES string of the molecule is COc1cccc2c1CCC2N1CCCCC1c1nc(-c2ccccc2)c(-c2ccccc2)o1. The van der Waals surface area contributed by atoms with E-state index in [2.05, 4.69) is 71.6 Å². The third-order valence-electron chi connectivity index (χ3n) is 7.37. The van der Waals surface area contributed by atoms with E-state index in [0.717, 1.165) is 60.0 Å². The van der Waals surface area contributed by atoms with Gasteiger partial charge in [0.1, 0.15) is 11.4 Å². The molecule has 34 heavy (non-hydrogen) atoms. The Morgan fingerprint density at radius 2 is 1.59 bits per heavy atom. The van der Waals surface area contributed by atoms with Gasteiger partial charge in [0.25, 0.3) is 0 Å². The first-order valence-electron chi connectivity index (χ1n) is 12.4. The average molecular weight is 451 g/mol. The lowest BCUT2D eigenvalue weighted by Gasteiger charge is -2.38. The number of rotatable bonds is 5. The minimum atomic E-state index is 0.177. The molecular formula is C30H30N2O2. The van der Waals surface area contributed by atoms with Gasteiger partial charge >= 0.3 is 0 Å². The Labute approximate surface area is 201 Å². The fraction of sp³-hybridized carbons (Fsp3) is 0.300. The summed E-state index contributed by atoms with van der Waals surface area (Å²) in [4.78, 5) is 7.80. The molecule has 2 aliphatic rings. The predicted molar refractivity (Wildman–Crippen MR) is 135 cm³/mol. The van der Waals surface area contributed by atoms with E-state index < -0.39 is 0 Å². The highest BCUT2D eigenvalue weighted by Crippen LogP contribution is 2.47. The Balaban J connectivity index is 1.41. The van der Waals surface area contributed by atoms with Crippen molar-refractivity contribution >= 4 is 0 Å². The van der Waals surface area contributed by atoms with Gasteiger partial charge in [0, 0.05) is 17.2 Å². The average Bonchev–Trinajstić information content (AvgIpc) is 3.55. The molecule has 6 rings (SSSR count). The van der Waals surface area contributed by atoms with Crippen LogP contribution in [-0.2, 0) is 6.42 Å². The molecule has 1 saturated heterocycles. The number of aromatic nitrogens is 1. The largest absolute Gasteiger partial charge is 0.496 e. The molecule has 2 atom stereocenters. The van der Waals surface area contributed by atoms with Crippen LogP contribution in [0.1, 0.15) is 54.8 Å². The lowest BCUT2D eigenvalue weighted by atomic mass is 9.97. The molecule has 0 spiro atoms. The highest BCUT2D eigenvalue weighted by molar-refractivity contribution is 5.76. The van der Waals surface area contributed by atoms with Gasteiger partial charge in [-0.25, -0.2) is 4.98 Å². The maximum atomic E-state index is 6.64. The Kier molecular flexibility index (Phi) is 5.68. The first kappa shape index (κ1) is 21.2. The molecule has 1 aliphatic carbocycles. The molecule has 0 bridgehead atoms. The van der Waals surface area contributed by atoms with Crippen LogP contribution < -0.4 is 4.74 Å². The second-order valence-electron chi connectivity index (χ2n) is 9.29. The minimum Gasteiger partial charge on any atom is -0.496 e. The summed E-state index contributed by atoms with van der Waals surface area (Å²) in [6.45, 7) is 1.07. The zero-order valence-electron chi connectivity index (χ0n) is 19.6. The molecule has 1 aliphatic heterocycles. The van der Waals surface area contributed by atoms with Crippen LogP contribution in [0.2, 0.25) is 0 Å². The number of methoxy groups -OCH3 is 1. The molecule has 172 valence electrons. The number of likely N-dealkylation sites (tertiary alicyclic amines) is 1. The Morgan fingerprint density at radius 1 is 0.824 bits per heavy atom. The van der Waals surface area contributed by atoms with Gasteiger partial charge < -0.3 is 9.15 Å². The highest BCUT2D eigenvalue weighted by atomic mass is 16.5. The number of fused-ring (bicyclic) bond motifs is 1. The fourth-order valence-electron chi connectivity index (χ4n) is 5.78. The molecule has 2 heterocycles. The summed E-state index contributed by atoms with van der Waals surface area (Å²) in [5.74, 6) is 2.72. The number of nitrogens with zero attached hydrogens (tertiary/aromatic N) is 2. The van der Waals surface area contributed by atoms with Crippen molar-refractivity contribution in [3.05, 3.63) is 95.9 Å². The first-order valence-corrected chi connectivity index (χ1v) is 12.4. The third-order valence-corrected chi connectivity index (χ3v) is 7.37. The van der Waals surface area contributed by atoms with E-state index in [9.17, 15) is 0 Å². The van der Waals surface area contributed by atoms with E-state index >= 15 is 0 Å². The lowest BCUT2D eigenvalue weighted by molar-refractivity contribution is 0.0770. The molecule has 4 nitrogen and oxygen atoms in total. The van der Waals surface area contributed by atoms with Crippen LogP contribution in [0.25, 0.3) is 22.6 Å². The smallest absolute Gasteiger partial charge is 0.212 e. The summed E-state index contributed by atoms with van der Waals surface area (Å²) in [5.41, 5.74) is 5.86. The molecule has 1 fully saturated rings. The molecule has 2 unspecified atom stereocenters. The number of hydrogen-bond acceptors (Lipinski definition) is 4. The van der Waals surface area contributed by atoms with Gasteiger partial charge in [0.05, 0.1) is 13.2 Å². The van der Waals surface area contributed by atoms with Gasteiger partial charge in [-0.15, -0.1) is 0 Å². The fourth-order valence-corrected chi connectivity index (χ4v) is 5.78. The van der Waals surface area contributed by atoms with E-state index in [4.69, 9.17) is 14.1 Å². The quantitative estimate of drug-likeness (QED) is 0.321. The van der Waals surface area contributed by atoms with Gasteiger partial charge in [-0.1, -0.05) is 79.2 Å². The van der Waals surface area contributed by atoms with Gasteiger partial charge in [0.2, 0.25) is 5.89 Å². The van der Waals surface area contributed by atoms with Gasteiger partial charge in [-0.05, 0) is 49.4 Å². The molecule has 0 radical (unpaired) electrons. The summed E-state index contributed by atoms with van der Waals surface area (Å²) in [6, 6.07) is 27.8. The Bertz CT molecular complexity index is 1210. The summed E-state index contributed by atoms with van der Waals surface area (Å²) in [6.07, 6.45) is 5.65. The number of hydrogen-bond donors (Lipinski definition) is 0. The molecule has 4 heteroatoms. The van der Waals surface area contributed by atoms with Gasteiger partial charge in [0.15, 0.2) is 5.76 Å². The van der Waals surface area contributed by atoms with Crippen molar-refractivity contribution in [2.45, 2.75) is 44.2 Å². The van der Waals surface area contributed by atoms with E-state index in [0.29, 0.717) is 6.04 Å². The molecule has 1 aromatic heterocycles. The standard InChI is InChI=1S/C30H30N2O2/c1-33-27-17-10-15-23-24(27)18-19-25(23)32-20-9-8-16-26(32)30-31-28(21-11-4-2-5-12-21)29(34-30)22-13-6-3-7-14-22/h2-7,10-15,17,25-26H,8-9,16,18-20H2,1H3. The van der Waals surface area contributed by atoms with Gasteiger partial charge in [-0.2, -0.15) is 0 Å². The van der Waals surface area contributed by atoms with E-state index in [1.165, 1.54) is 24.0 Å². The van der Waals surface area contributed by atoms with Crippen molar-refractivity contribution < 1.29 is 9.15 Å². The zero-order chi connectivity index (χ0) is 22.9. The summed E-state index contributed by atoms with van der Waals surface area (Å²) >= 11 is 0. The van der Waals surface area contributed by atoms with Crippen molar-refractivity contribution in [2.24, 2.45) is 0 Å². The van der Waals surface area contributed by atoms with Crippen molar-refractivity contribution in [2.75, 3.05) is 13.7 Å². The third kappa shape index (κ3) is 3.72. The van der Waals surface area contributed by atoms with Crippen LogP contribution in [0.4, 0.5) is 0 Å². The summed E-state index contributed by atoms with van der Waals surface area (Å²) in [7, 11) is 1.77. The minimum absolute atomic E-state index is 0.177. The lowest BCUT2D eigenvalue weighted by Crippen LogP contribution is -2.36. The van der Waals surface area contributed by atoms with Crippen LogP contribution in [0, 0.1) is 0 Å². The summed E-state index contributed by atoms with van der Waals surface area (Å²) < 4.78 is 12.3. The van der Waals surface area contributed by atoms with Crippen LogP contribution >= 0.6 is 0 Å². The maximum absolute atomic E-state index is 6.64. The van der Waals surface area contributed by atoms with E-state index in [1.807, 2.05) is 12.1 Å². The zero-order valence-corrected chi connectivity index (χ0v) is 19.6. The summed E-state index contributed by atoms with van der Waals surface area (Å²) in [5, 5.41) is 0. The highest BCUT2D eigenvalue weighted by Gasteiger charge is 2.38. The van der Waals surface area contributed by atoms with Crippen LogP contribution in [-0.4, -0.2) is 23.5 Å². The Hall–Kier alpha value is -3.37. The number of oxazole rings is 1. The van der Waals surface area contributed by atoms with E-state index in [-0.39, 0.29) is 6.04 Å². The number of ether oxygens (including phenoxy) is 1. The predicted octanol–water partition coefficient (Wildman–Crippen LogP) is 7.23. The van der Waals surface area contributed by atoms with Crippen LogP contribution in [0.5, 0.6) is 5.75 Å². The normalized spacial score (nSPS) is 20.3. The van der Waals surface area contributed by atoms with Gasteiger partial charge in [-0.3, -0.25) is 4.90 Å². The monoisotopic (exact) mass is 450 g/mol.